The van der Waals surface area contributed by atoms with Gasteiger partial charge in [0.1, 0.15) is 11.9 Å². The minimum Gasteiger partial charge on any atom is -0.368 e. The Hall–Kier alpha value is -1.63. The molecule has 2 fully saturated rings. The maximum Gasteiger partial charge on any atom is 0.345 e. The molecule has 0 aliphatic carbocycles. The van der Waals surface area contributed by atoms with E-state index in [1.54, 1.807) is 11.6 Å². The minimum absolute atomic E-state index is 0.0622. The molecule has 2 aliphatic heterocycles. The Balaban J connectivity index is 1.68. The molecular formula is C16H26N4O3. The zero-order chi connectivity index (χ0) is 16.6. The molecule has 7 nitrogen and oxygen atoms in total. The molecule has 0 spiro atoms. The zero-order valence-corrected chi connectivity index (χ0v) is 14.2. The normalized spacial score (nSPS) is 23.0. The first-order chi connectivity index (χ1) is 11.0. The Kier molecular flexibility index (Phi) is 4.57. The number of piperidine rings is 1. The standard InChI is InChI=1S/C16H26N4O3/c1-11(2)20-14(17-18(3)16(20)22)12-6-8-19(9-7-12)15(21)13-5-4-10-23-13/h11-13H,4-10H2,1-3H3. The van der Waals surface area contributed by atoms with Gasteiger partial charge in [0, 0.05) is 38.7 Å². The third kappa shape index (κ3) is 3.06. The van der Waals surface area contributed by atoms with Crippen LogP contribution < -0.4 is 5.69 Å². The van der Waals surface area contributed by atoms with E-state index >= 15 is 0 Å². The quantitative estimate of drug-likeness (QED) is 0.834. The molecule has 0 bridgehead atoms. The number of ether oxygens (including phenoxy) is 1. The Morgan fingerprint density at radius 2 is 1.96 bits per heavy atom. The summed E-state index contributed by atoms with van der Waals surface area (Å²) in [5.74, 6) is 1.22. The van der Waals surface area contributed by atoms with Crippen molar-refractivity contribution in [3.8, 4) is 0 Å². The molecule has 1 unspecified atom stereocenters. The Morgan fingerprint density at radius 3 is 2.52 bits per heavy atom. The summed E-state index contributed by atoms with van der Waals surface area (Å²) >= 11 is 0. The maximum absolute atomic E-state index is 12.4. The predicted molar refractivity (Wildman–Crippen MR) is 85.4 cm³/mol. The highest BCUT2D eigenvalue weighted by atomic mass is 16.5. The summed E-state index contributed by atoms with van der Waals surface area (Å²) in [6.45, 7) is 6.13. The van der Waals surface area contributed by atoms with E-state index in [0.29, 0.717) is 19.7 Å². The Labute approximate surface area is 136 Å². The van der Waals surface area contributed by atoms with E-state index in [4.69, 9.17) is 4.74 Å². The van der Waals surface area contributed by atoms with Crippen molar-refractivity contribution < 1.29 is 9.53 Å². The molecule has 3 rings (SSSR count). The maximum atomic E-state index is 12.4. The lowest BCUT2D eigenvalue weighted by atomic mass is 9.95. The second kappa shape index (κ2) is 6.47. The van der Waals surface area contributed by atoms with Gasteiger partial charge in [0.2, 0.25) is 0 Å². The van der Waals surface area contributed by atoms with Crippen LogP contribution in [0.2, 0.25) is 0 Å². The van der Waals surface area contributed by atoms with Gasteiger partial charge in [-0.1, -0.05) is 0 Å². The highest BCUT2D eigenvalue weighted by Gasteiger charge is 2.33. The van der Waals surface area contributed by atoms with Gasteiger partial charge >= 0.3 is 5.69 Å². The van der Waals surface area contributed by atoms with Crippen LogP contribution >= 0.6 is 0 Å². The number of nitrogens with zero attached hydrogens (tertiary/aromatic N) is 4. The summed E-state index contributed by atoms with van der Waals surface area (Å²) in [7, 11) is 1.70. The van der Waals surface area contributed by atoms with Gasteiger partial charge in [0.25, 0.3) is 5.91 Å². The summed E-state index contributed by atoms with van der Waals surface area (Å²) in [4.78, 5) is 26.5. The largest absolute Gasteiger partial charge is 0.368 e. The number of amides is 1. The SMILES string of the molecule is CC(C)n1c(C2CCN(C(=O)C3CCCO3)CC2)nn(C)c1=O. The minimum atomic E-state index is -0.241. The fourth-order valence-electron chi connectivity index (χ4n) is 3.60. The highest BCUT2D eigenvalue weighted by Crippen LogP contribution is 2.28. The highest BCUT2D eigenvalue weighted by molar-refractivity contribution is 5.81. The van der Waals surface area contributed by atoms with Crippen LogP contribution in [-0.4, -0.2) is 51.0 Å². The molecule has 1 aromatic heterocycles. The van der Waals surface area contributed by atoms with Gasteiger partial charge in [0.05, 0.1) is 0 Å². The lowest BCUT2D eigenvalue weighted by Crippen LogP contribution is -2.43. The van der Waals surface area contributed by atoms with Crippen molar-refractivity contribution in [1.29, 1.82) is 0 Å². The number of carbonyl (C=O) groups is 1. The van der Waals surface area contributed by atoms with E-state index in [0.717, 1.165) is 31.5 Å². The van der Waals surface area contributed by atoms with Crippen molar-refractivity contribution in [2.75, 3.05) is 19.7 Å². The average molecular weight is 322 g/mol. The fourth-order valence-corrected chi connectivity index (χ4v) is 3.60. The van der Waals surface area contributed by atoms with Crippen LogP contribution in [0.1, 0.15) is 57.3 Å². The number of hydrogen-bond acceptors (Lipinski definition) is 4. The van der Waals surface area contributed by atoms with Crippen molar-refractivity contribution in [1.82, 2.24) is 19.2 Å². The third-order valence-corrected chi connectivity index (χ3v) is 4.88. The van der Waals surface area contributed by atoms with Crippen LogP contribution in [0.3, 0.4) is 0 Å². The second-order valence-corrected chi connectivity index (χ2v) is 6.83. The van der Waals surface area contributed by atoms with Crippen molar-refractivity contribution >= 4 is 5.91 Å². The molecule has 1 aromatic rings. The number of rotatable bonds is 3. The number of carbonyl (C=O) groups excluding carboxylic acids is 1. The average Bonchev–Trinajstić information content (AvgIpc) is 3.16. The number of aromatic nitrogens is 3. The number of likely N-dealkylation sites (tertiary alicyclic amines) is 1. The van der Waals surface area contributed by atoms with Gasteiger partial charge in [0.15, 0.2) is 0 Å². The van der Waals surface area contributed by atoms with Gasteiger partial charge in [-0.15, -0.1) is 0 Å². The van der Waals surface area contributed by atoms with Crippen molar-refractivity contribution in [2.24, 2.45) is 7.05 Å². The van der Waals surface area contributed by atoms with Crippen LogP contribution in [0.4, 0.5) is 0 Å². The van der Waals surface area contributed by atoms with E-state index in [1.165, 1.54) is 4.68 Å². The van der Waals surface area contributed by atoms with Crippen LogP contribution in [-0.2, 0) is 16.6 Å². The van der Waals surface area contributed by atoms with Crippen LogP contribution in [0, 0.1) is 0 Å². The summed E-state index contributed by atoms with van der Waals surface area (Å²) in [6, 6.07) is 0.0951. The summed E-state index contributed by atoms with van der Waals surface area (Å²) in [5, 5.41) is 4.44. The van der Waals surface area contributed by atoms with Crippen LogP contribution in [0.15, 0.2) is 4.79 Å². The summed E-state index contributed by atoms with van der Waals surface area (Å²) in [6.07, 6.45) is 3.27. The smallest absolute Gasteiger partial charge is 0.345 e. The Morgan fingerprint density at radius 1 is 1.26 bits per heavy atom. The first-order valence-electron chi connectivity index (χ1n) is 8.55. The van der Waals surface area contributed by atoms with Crippen molar-refractivity contribution in [3.05, 3.63) is 16.3 Å². The van der Waals surface area contributed by atoms with Crippen LogP contribution in [0.5, 0.6) is 0 Å². The van der Waals surface area contributed by atoms with Gasteiger partial charge in [-0.2, -0.15) is 5.10 Å². The van der Waals surface area contributed by atoms with E-state index in [2.05, 4.69) is 5.10 Å². The van der Waals surface area contributed by atoms with E-state index in [1.807, 2.05) is 18.7 Å². The molecule has 2 saturated heterocycles. The Bertz CT molecular complexity index is 620. The number of hydrogen-bond donors (Lipinski definition) is 0. The number of aryl methyl sites for hydroxylation is 1. The molecule has 128 valence electrons. The van der Waals surface area contributed by atoms with Gasteiger partial charge < -0.3 is 9.64 Å². The molecular weight excluding hydrogens is 296 g/mol. The van der Waals surface area contributed by atoms with E-state index < -0.39 is 0 Å². The molecule has 0 radical (unpaired) electrons. The molecule has 0 aromatic carbocycles. The summed E-state index contributed by atoms with van der Waals surface area (Å²) < 4.78 is 8.69. The molecule has 1 atom stereocenters. The predicted octanol–water partition coefficient (Wildman–Crippen LogP) is 1.05. The van der Waals surface area contributed by atoms with Gasteiger partial charge in [-0.3, -0.25) is 9.36 Å². The van der Waals surface area contributed by atoms with Crippen molar-refractivity contribution in [2.45, 2.75) is 57.6 Å². The lowest BCUT2D eigenvalue weighted by molar-refractivity contribution is -0.142. The van der Waals surface area contributed by atoms with Crippen molar-refractivity contribution in [3.63, 3.8) is 0 Å². The molecule has 23 heavy (non-hydrogen) atoms. The molecule has 0 N–H and O–H groups in total. The molecule has 2 aliphatic rings. The molecule has 3 heterocycles. The first-order valence-corrected chi connectivity index (χ1v) is 8.55. The fraction of sp³-hybridized carbons (Fsp3) is 0.812. The molecule has 1 amide bonds. The first kappa shape index (κ1) is 16.2. The van der Waals surface area contributed by atoms with Gasteiger partial charge in [-0.25, -0.2) is 9.48 Å². The molecule has 0 saturated carbocycles. The lowest BCUT2D eigenvalue weighted by Gasteiger charge is -2.33. The van der Waals surface area contributed by atoms with Gasteiger partial charge in [-0.05, 0) is 39.5 Å². The molecule has 7 heteroatoms. The van der Waals surface area contributed by atoms with E-state index in [-0.39, 0.29) is 29.7 Å². The second-order valence-electron chi connectivity index (χ2n) is 6.83. The topological polar surface area (TPSA) is 69.4 Å². The van der Waals surface area contributed by atoms with Crippen LogP contribution in [0.25, 0.3) is 0 Å². The zero-order valence-electron chi connectivity index (χ0n) is 14.2. The monoisotopic (exact) mass is 322 g/mol. The summed E-state index contributed by atoms with van der Waals surface area (Å²) in [5.41, 5.74) is -0.0622. The third-order valence-electron chi connectivity index (χ3n) is 4.88. The van der Waals surface area contributed by atoms with E-state index in [9.17, 15) is 9.59 Å².